The second kappa shape index (κ2) is 9.92. The predicted molar refractivity (Wildman–Crippen MR) is 122 cm³/mol. The number of fused-ring (bicyclic) bond motifs is 2. The molecule has 0 aliphatic carbocycles. The number of hydrogen-bond donors (Lipinski definition) is 2. The molecule has 11 heteroatoms. The van der Waals surface area contributed by atoms with Gasteiger partial charge in [0, 0.05) is 47.6 Å². The molecule has 4 nitrogen and oxygen atoms in total. The highest BCUT2D eigenvalue weighted by Crippen LogP contribution is 2.33. The molecule has 0 aliphatic heterocycles. The van der Waals surface area contributed by atoms with Gasteiger partial charge in [-0.05, 0) is 42.8 Å². The number of aromatic nitrogens is 2. The number of anilines is 2. The maximum absolute atomic E-state index is 12.9. The molecule has 0 aliphatic rings. The van der Waals surface area contributed by atoms with E-state index < -0.39 is 23.5 Å². The summed E-state index contributed by atoms with van der Waals surface area (Å²) in [6, 6.07) is 10.2. The van der Waals surface area contributed by atoms with Gasteiger partial charge in [-0.3, -0.25) is 9.97 Å². The molecular weight excluding hydrogens is 482 g/mol. The zero-order valence-corrected chi connectivity index (χ0v) is 18.3. The molecule has 2 N–H and O–H groups in total. The van der Waals surface area contributed by atoms with Crippen LogP contribution in [0.4, 0.5) is 37.7 Å². The summed E-state index contributed by atoms with van der Waals surface area (Å²) < 4.78 is 77.5. The lowest BCUT2D eigenvalue weighted by molar-refractivity contribution is -0.138. The standard InChI is InChI=1S/C23H18F6N4.ClH/c24-22(25,26)14-2-4-16-18(6-10-32-20(16)12-14)30-8-1-9-31-19-7-11-33-21-13-15(23(27,28)29)3-5-17(19)21;/h2-7,10-13H,1,8-9H2,(H,30,32)(H,31,33);1H. The molecule has 0 amide bonds. The van der Waals surface area contributed by atoms with Crippen molar-refractivity contribution in [3.63, 3.8) is 0 Å². The molecule has 2 aromatic heterocycles. The summed E-state index contributed by atoms with van der Waals surface area (Å²) in [6.45, 7) is 1.04. The Bertz CT molecular complexity index is 1190. The highest BCUT2D eigenvalue weighted by molar-refractivity contribution is 5.92. The van der Waals surface area contributed by atoms with Crippen molar-refractivity contribution in [3.8, 4) is 0 Å². The van der Waals surface area contributed by atoms with Gasteiger partial charge in [-0.1, -0.05) is 12.1 Å². The van der Waals surface area contributed by atoms with E-state index in [1.54, 1.807) is 12.1 Å². The maximum atomic E-state index is 12.9. The molecule has 0 fully saturated rings. The van der Waals surface area contributed by atoms with Gasteiger partial charge in [-0.15, -0.1) is 12.4 Å². The fourth-order valence-corrected chi connectivity index (χ4v) is 3.49. The van der Waals surface area contributed by atoms with Crippen LogP contribution in [0, 0.1) is 0 Å². The number of nitrogens with zero attached hydrogens (tertiary/aromatic N) is 2. The van der Waals surface area contributed by atoms with E-state index >= 15 is 0 Å². The Morgan fingerprint density at radius 1 is 0.618 bits per heavy atom. The summed E-state index contributed by atoms with van der Waals surface area (Å²) in [4.78, 5) is 8.04. The van der Waals surface area contributed by atoms with Gasteiger partial charge in [0.15, 0.2) is 0 Å². The van der Waals surface area contributed by atoms with Crippen LogP contribution in [0.1, 0.15) is 17.5 Å². The topological polar surface area (TPSA) is 49.8 Å². The van der Waals surface area contributed by atoms with Gasteiger partial charge >= 0.3 is 12.4 Å². The SMILES string of the molecule is Cl.FC(F)(F)c1ccc2c(NCCCNc3ccnc4cc(C(F)(F)F)ccc34)ccnc2c1. The Hall–Kier alpha value is -3.27. The Labute approximate surface area is 196 Å². The normalized spacial score (nSPS) is 11.9. The molecule has 0 saturated carbocycles. The van der Waals surface area contributed by atoms with Crippen LogP contribution in [-0.2, 0) is 12.4 Å². The average molecular weight is 501 g/mol. The second-order valence-electron chi connectivity index (χ2n) is 7.38. The van der Waals surface area contributed by atoms with Crippen LogP contribution in [0.2, 0.25) is 0 Å². The first-order chi connectivity index (χ1) is 15.6. The summed E-state index contributed by atoms with van der Waals surface area (Å²) in [5, 5.41) is 7.55. The number of alkyl halides is 6. The summed E-state index contributed by atoms with van der Waals surface area (Å²) in [6.07, 6.45) is -5.33. The van der Waals surface area contributed by atoms with E-state index in [4.69, 9.17) is 0 Å². The third-order valence-corrected chi connectivity index (χ3v) is 5.12. The molecule has 4 aromatic rings. The van der Waals surface area contributed by atoms with E-state index in [-0.39, 0.29) is 23.4 Å². The molecule has 0 unspecified atom stereocenters. The van der Waals surface area contributed by atoms with Gasteiger partial charge in [0.25, 0.3) is 0 Å². The lowest BCUT2D eigenvalue weighted by Crippen LogP contribution is -2.10. The maximum Gasteiger partial charge on any atom is 0.416 e. The van der Waals surface area contributed by atoms with Crippen LogP contribution < -0.4 is 10.6 Å². The van der Waals surface area contributed by atoms with Crippen molar-refractivity contribution in [2.75, 3.05) is 23.7 Å². The third kappa shape index (κ3) is 5.61. The minimum atomic E-state index is -4.43. The predicted octanol–water partition coefficient (Wildman–Crippen LogP) is 7.16. The molecule has 0 radical (unpaired) electrons. The Balaban J connectivity index is 0.00000324. The highest BCUT2D eigenvalue weighted by Gasteiger charge is 2.31. The minimum Gasteiger partial charge on any atom is -0.384 e. The summed E-state index contributed by atoms with van der Waals surface area (Å²) in [7, 11) is 0. The molecule has 2 heterocycles. The molecule has 0 atom stereocenters. The monoisotopic (exact) mass is 500 g/mol. The Morgan fingerprint density at radius 3 is 1.41 bits per heavy atom. The second-order valence-corrected chi connectivity index (χ2v) is 7.38. The van der Waals surface area contributed by atoms with Gasteiger partial charge in [0.2, 0.25) is 0 Å². The van der Waals surface area contributed by atoms with Crippen LogP contribution in [0.5, 0.6) is 0 Å². The lowest BCUT2D eigenvalue weighted by atomic mass is 10.1. The number of nitrogens with one attached hydrogen (secondary N) is 2. The van der Waals surface area contributed by atoms with Gasteiger partial charge in [-0.25, -0.2) is 0 Å². The fraction of sp³-hybridized carbons (Fsp3) is 0.217. The largest absolute Gasteiger partial charge is 0.416 e. The smallest absolute Gasteiger partial charge is 0.384 e. The summed E-state index contributed by atoms with van der Waals surface area (Å²) in [5.74, 6) is 0. The van der Waals surface area contributed by atoms with E-state index in [1.165, 1.54) is 24.5 Å². The van der Waals surface area contributed by atoms with Gasteiger partial charge < -0.3 is 10.6 Å². The van der Waals surface area contributed by atoms with Crippen molar-refractivity contribution >= 4 is 45.6 Å². The first kappa shape index (κ1) is 25.4. The van der Waals surface area contributed by atoms with E-state index in [1.807, 2.05) is 0 Å². The Kier molecular flexibility index (Phi) is 7.40. The zero-order chi connectivity index (χ0) is 23.6. The van der Waals surface area contributed by atoms with Crippen molar-refractivity contribution < 1.29 is 26.3 Å². The van der Waals surface area contributed by atoms with Crippen LogP contribution in [-0.4, -0.2) is 23.1 Å². The van der Waals surface area contributed by atoms with Gasteiger partial charge in [0.05, 0.1) is 22.2 Å². The van der Waals surface area contributed by atoms with Crippen molar-refractivity contribution in [2.24, 2.45) is 0 Å². The third-order valence-electron chi connectivity index (χ3n) is 5.12. The molecule has 2 aromatic carbocycles. The molecule has 4 rings (SSSR count). The number of rotatable bonds is 6. The van der Waals surface area contributed by atoms with Crippen LogP contribution in [0.25, 0.3) is 21.8 Å². The summed E-state index contributed by atoms with van der Waals surface area (Å²) in [5.41, 5.74) is 0.320. The fourth-order valence-electron chi connectivity index (χ4n) is 3.49. The van der Waals surface area contributed by atoms with Crippen molar-refractivity contribution in [2.45, 2.75) is 18.8 Å². The van der Waals surface area contributed by atoms with Crippen LogP contribution >= 0.6 is 12.4 Å². The quantitative estimate of drug-likeness (QED) is 0.218. The highest BCUT2D eigenvalue weighted by atomic mass is 35.5. The van der Waals surface area contributed by atoms with Gasteiger partial charge in [0.1, 0.15) is 0 Å². The van der Waals surface area contributed by atoms with Crippen LogP contribution in [0.3, 0.4) is 0 Å². The van der Waals surface area contributed by atoms with E-state index in [0.29, 0.717) is 41.7 Å². The zero-order valence-electron chi connectivity index (χ0n) is 17.5. The number of halogens is 7. The number of hydrogen-bond acceptors (Lipinski definition) is 4. The summed E-state index contributed by atoms with van der Waals surface area (Å²) >= 11 is 0. The van der Waals surface area contributed by atoms with Crippen LogP contribution in [0.15, 0.2) is 60.9 Å². The van der Waals surface area contributed by atoms with Crippen molar-refractivity contribution in [1.82, 2.24) is 9.97 Å². The first-order valence-electron chi connectivity index (χ1n) is 10.0. The van der Waals surface area contributed by atoms with E-state index in [0.717, 1.165) is 24.3 Å². The number of pyridine rings is 2. The van der Waals surface area contributed by atoms with Crippen molar-refractivity contribution in [3.05, 3.63) is 72.1 Å². The van der Waals surface area contributed by atoms with E-state index in [2.05, 4.69) is 20.6 Å². The number of benzene rings is 2. The molecular formula is C23H19ClF6N4. The Morgan fingerprint density at radius 2 is 1.03 bits per heavy atom. The minimum absolute atomic E-state index is 0. The van der Waals surface area contributed by atoms with E-state index in [9.17, 15) is 26.3 Å². The first-order valence-corrected chi connectivity index (χ1v) is 10.0. The average Bonchev–Trinajstić information content (AvgIpc) is 2.77. The lowest BCUT2D eigenvalue weighted by Gasteiger charge is -2.13. The van der Waals surface area contributed by atoms with Crippen molar-refractivity contribution in [1.29, 1.82) is 0 Å². The molecule has 0 bridgehead atoms. The molecule has 0 spiro atoms. The molecule has 34 heavy (non-hydrogen) atoms. The van der Waals surface area contributed by atoms with Gasteiger partial charge in [-0.2, -0.15) is 26.3 Å². The molecule has 180 valence electrons. The molecule has 0 saturated heterocycles.